The minimum atomic E-state index is -0.176. The molecule has 2 N–H and O–H groups in total. The van der Waals surface area contributed by atoms with Crippen LogP contribution in [0.3, 0.4) is 0 Å². The van der Waals surface area contributed by atoms with Gasteiger partial charge in [0.1, 0.15) is 4.88 Å². The summed E-state index contributed by atoms with van der Waals surface area (Å²) in [5.41, 5.74) is 2.28. The summed E-state index contributed by atoms with van der Waals surface area (Å²) in [6.07, 6.45) is 0. The topological polar surface area (TPSA) is 58.2 Å². The van der Waals surface area contributed by atoms with Crippen LogP contribution in [0.15, 0.2) is 34.1 Å². The van der Waals surface area contributed by atoms with Gasteiger partial charge in [0.2, 0.25) is 5.91 Å². The molecule has 0 bridgehead atoms. The predicted octanol–water partition coefficient (Wildman–Crippen LogP) is 4.03. The van der Waals surface area contributed by atoms with Gasteiger partial charge in [0.05, 0.1) is 0 Å². The van der Waals surface area contributed by atoms with Gasteiger partial charge in [0.25, 0.3) is 5.91 Å². The average Bonchev–Trinajstić information content (AvgIpc) is 2.79. The van der Waals surface area contributed by atoms with E-state index in [1.54, 1.807) is 12.1 Å². The van der Waals surface area contributed by atoms with E-state index in [0.29, 0.717) is 16.3 Å². The lowest BCUT2D eigenvalue weighted by molar-refractivity contribution is -0.114. The van der Waals surface area contributed by atoms with E-state index in [9.17, 15) is 9.59 Å². The fraction of sp³-hybridized carbons (Fsp3) is 0.143. The zero-order valence-corrected chi connectivity index (χ0v) is 13.4. The fourth-order valence-corrected chi connectivity index (χ4v) is 3.11. The van der Waals surface area contributed by atoms with E-state index in [1.807, 2.05) is 24.4 Å². The van der Waals surface area contributed by atoms with Crippen LogP contribution in [0.5, 0.6) is 0 Å². The monoisotopic (exact) mass is 352 g/mol. The van der Waals surface area contributed by atoms with Gasteiger partial charge in [-0.15, -0.1) is 11.3 Å². The number of halogens is 1. The van der Waals surface area contributed by atoms with Crippen molar-refractivity contribution in [2.75, 3.05) is 10.6 Å². The van der Waals surface area contributed by atoms with E-state index in [1.165, 1.54) is 18.3 Å². The molecule has 0 radical (unpaired) electrons. The molecular formula is C14H13BrN2O2S. The smallest absolute Gasteiger partial charge is 0.266 e. The first kappa shape index (κ1) is 14.7. The summed E-state index contributed by atoms with van der Waals surface area (Å²) >= 11 is 4.70. The molecule has 1 heterocycles. The summed E-state index contributed by atoms with van der Waals surface area (Å²) in [6.45, 7) is 3.35. The summed E-state index contributed by atoms with van der Waals surface area (Å²) in [6, 6.07) is 7.23. The van der Waals surface area contributed by atoms with Gasteiger partial charge in [-0.2, -0.15) is 0 Å². The Balaban J connectivity index is 2.20. The number of benzene rings is 1. The van der Waals surface area contributed by atoms with Crippen LogP contribution in [-0.4, -0.2) is 11.8 Å². The van der Waals surface area contributed by atoms with Crippen molar-refractivity contribution in [1.29, 1.82) is 0 Å². The number of hydrogen-bond donors (Lipinski definition) is 2. The molecule has 0 aliphatic carbocycles. The lowest BCUT2D eigenvalue weighted by Crippen LogP contribution is -2.12. The van der Waals surface area contributed by atoms with Crippen LogP contribution in [0.4, 0.5) is 11.4 Å². The fourth-order valence-electron chi connectivity index (χ4n) is 1.67. The number of thiophene rings is 1. The maximum atomic E-state index is 12.1. The normalized spacial score (nSPS) is 10.2. The third-order valence-electron chi connectivity index (χ3n) is 2.63. The first-order valence-electron chi connectivity index (χ1n) is 5.90. The Morgan fingerprint density at radius 3 is 2.55 bits per heavy atom. The first-order valence-corrected chi connectivity index (χ1v) is 7.57. The Morgan fingerprint density at radius 1 is 1.20 bits per heavy atom. The van der Waals surface area contributed by atoms with Crippen LogP contribution < -0.4 is 10.6 Å². The van der Waals surface area contributed by atoms with Gasteiger partial charge in [-0.1, -0.05) is 6.07 Å². The molecule has 2 amide bonds. The molecule has 4 nitrogen and oxygen atoms in total. The molecule has 6 heteroatoms. The van der Waals surface area contributed by atoms with Crippen molar-refractivity contribution in [2.24, 2.45) is 0 Å². The molecule has 2 rings (SSSR count). The number of hydrogen-bond acceptors (Lipinski definition) is 3. The number of rotatable bonds is 3. The SMILES string of the molecule is CC(=O)Nc1cc(NC(=O)c2sccc2Br)ccc1C. The van der Waals surface area contributed by atoms with E-state index in [-0.39, 0.29) is 11.8 Å². The molecule has 0 atom stereocenters. The van der Waals surface area contributed by atoms with Crippen LogP contribution in [0.2, 0.25) is 0 Å². The van der Waals surface area contributed by atoms with Crippen molar-refractivity contribution in [1.82, 2.24) is 0 Å². The van der Waals surface area contributed by atoms with Crippen LogP contribution in [0.1, 0.15) is 22.2 Å². The molecule has 0 unspecified atom stereocenters. The van der Waals surface area contributed by atoms with Gasteiger partial charge in [-0.05, 0) is 52.0 Å². The highest BCUT2D eigenvalue weighted by Gasteiger charge is 2.12. The van der Waals surface area contributed by atoms with Gasteiger partial charge >= 0.3 is 0 Å². The van der Waals surface area contributed by atoms with Crippen LogP contribution >= 0.6 is 27.3 Å². The number of aryl methyl sites for hydroxylation is 1. The summed E-state index contributed by atoms with van der Waals surface area (Å²) in [4.78, 5) is 23.8. The van der Waals surface area contributed by atoms with Gasteiger partial charge in [-0.3, -0.25) is 9.59 Å². The molecular weight excluding hydrogens is 340 g/mol. The van der Waals surface area contributed by atoms with E-state index in [0.717, 1.165) is 10.0 Å². The molecule has 1 aromatic carbocycles. The van der Waals surface area contributed by atoms with Gasteiger partial charge in [0, 0.05) is 22.8 Å². The molecule has 0 aliphatic heterocycles. The summed E-state index contributed by atoms with van der Waals surface area (Å²) in [5, 5.41) is 7.40. The minimum Gasteiger partial charge on any atom is -0.326 e. The predicted molar refractivity (Wildman–Crippen MR) is 85.5 cm³/mol. The minimum absolute atomic E-state index is 0.141. The first-order chi connectivity index (χ1) is 9.47. The number of carbonyl (C=O) groups is 2. The molecule has 0 spiro atoms. The van der Waals surface area contributed by atoms with Gasteiger partial charge in [-0.25, -0.2) is 0 Å². The standard InChI is InChI=1S/C14H13BrN2O2S/c1-8-3-4-10(7-12(8)16-9(2)18)17-14(19)13-11(15)5-6-20-13/h3-7H,1-2H3,(H,16,18)(H,17,19). The Bertz CT molecular complexity index is 667. The molecule has 0 aliphatic rings. The zero-order valence-electron chi connectivity index (χ0n) is 11.0. The maximum absolute atomic E-state index is 12.1. The van der Waals surface area contributed by atoms with E-state index >= 15 is 0 Å². The van der Waals surface area contributed by atoms with Crippen LogP contribution in [0, 0.1) is 6.92 Å². The van der Waals surface area contributed by atoms with Crippen molar-refractivity contribution in [2.45, 2.75) is 13.8 Å². The van der Waals surface area contributed by atoms with Gasteiger partial charge in [0.15, 0.2) is 0 Å². The molecule has 1 aromatic heterocycles. The molecule has 0 fully saturated rings. The molecule has 0 saturated carbocycles. The Hall–Kier alpha value is -1.66. The quantitative estimate of drug-likeness (QED) is 0.875. The van der Waals surface area contributed by atoms with Crippen molar-refractivity contribution in [3.05, 3.63) is 44.6 Å². The van der Waals surface area contributed by atoms with E-state index in [4.69, 9.17) is 0 Å². The largest absolute Gasteiger partial charge is 0.326 e. The molecule has 20 heavy (non-hydrogen) atoms. The second-order valence-electron chi connectivity index (χ2n) is 4.26. The highest BCUT2D eigenvalue weighted by molar-refractivity contribution is 9.10. The second kappa shape index (κ2) is 6.19. The average molecular weight is 353 g/mol. The Kier molecular flexibility index (Phi) is 4.57. The number of nitrogens with one attached hydrogen (secondary N) is 2. The van der Waals surface area contributed by atoms with Crippen LogP contribution in [-0.2, 0) is 4.79 Å². The molecule has 0 saturated heterocycles. The van der Waals surface area contributed by atoms with Crippen molar-refractivity contribution < 1.29 is 9.59 Å². The number of amides is 2. The number of carbonyl (C=O) groups excluding carboxylic acids is 2. The van der Waals surface area contributed by atoms with E-state index < -0.39 is 0 Å². The summed E-state index contributed by atoms with van der Waals surface area (Å²) in [5.74, 6) is -0.318. The van der Waals surface area contributed by atoms with Crippen LogP contribution in [0.25, 0.3) is 0 Å². The summed E-state index contributed by atoms with van der Waals surface area (Å²) < 4.78 is 0.772. The molecule has 104 valence electrons. The Morgan fingerprint density at radius 2 is 1.95 bits per heavy atom. The second-order valence-corrected chi connectivity index (χ2v) is 6.03. The number of anilines is 2. The van der Waals surface area contributed by atoms with Crippen molar-refractivity contribution >= 4 is 50.5 Å². The van der Waals surface area contributed by atoms with Crippen molar-refractivity contribution in [3.8, 4) is 0 Å². The lowest BCUT2D eigenvalue weighted by atomic mass is 10.1. The van der Waals surface area contributed by atoms with Crippen molar-refractivity contribution in [3.63, 3.8) is 0 Å². The highest BCUT2D eigenvalue weighted by atomic mass is 79.9. The highest BCUT2D eigenvalue weighted by Crippen LogP contribution is 2.25. The maximum Gasteiger partial charge on any atom is 0.266 e. The molecule has 2 aromatic rings. The summed E-state index contributed by atoms with van der Waals surface area (Å²) in [7, 11) is 0. The third kappa shape index (κ3) is 3.46. The van der Waals surface area contributed by atoms with Gasteiger partial charge < -0.3 is 10.6 Å². The van der Waals surface area contributed by atoms with E-state index in [2.05, 4.69) is 26.6 Å². The third-order valence-corrected chi connectivity index (χ3v) is 4.47. The zero-order chi connectivity index (χ0) is 14.7. The Labute approximate surface area is 129 Å². The lowest BCUT2D eigenvalue weighted by Gasteiger charge is -2.10.